The number of hydrogen-bond acceptors (Lipinski definition) is 5. The molecule has 0 saturated heterocycles. The van der Waals surface area contributed by atoms with Gasteiger partial charge in [0.05, 0.1) is 11.6 Å². The number of ether oxygens (including phenoxy) is 1. The van der Waals surface area contributed by atoms with Gasteiger partial charge in [-0.1, -0.05) is 0 Å². The van der Waals surface area contributed by atoms with E-state index in [0.29, 0.717) is 18.2 Å². The molecular formula is C9H14N2O3S. The largest absolute Gasteiger partial charge is 0.476 e. The van der Waals surface area contributed by atoms with Gasteiger partial charge in [-0.25, -0.2) is 9.78 Å². The first-order valence-electron chi connectivity index (χ1n) is 4.67. The van der Waals surface area contributed by atoms with Gasteiger partial charge in [-0.15, -0.1) is 11.3 Å². The van der Waals surface area contributed by atoms with Crippen LogP contribution in [-0.2, 0) is 4.74 Å². The van der Waals surface area contributed by atoms with Gasteiger partial charge in [-0.3, -0.25) is 0 Å². The fourth-order valence-corrected chi connectivity index (χ4v) is 1.79. The summed E-state index contributed by atoms with van der Waals surface area (Å²) in [5.41, 5.74) is 1.58. The van der Waals surface area contributed by atoms with E-state index in [2.05, 4.69) is 10.3 Å². The number of carboxylic acids is 1. The topological polar surface area (TPSA) is 71.5 Å². The normalized spacial score (nSPS) is 12.4. The number of aromatic carboxylic acids is 1. The van der Waals surface area contributed by atoms with Crippen molar-refractivity contribution in [2.24, 2.45) is 0 Å². The van der Waals surface area contributed by atoms with Gasteiger partial charge in [0.2, 0.25) is 0 Å². The Hall–Kier alpha value is -1.14. The Kier molecular flexibility index (Phi) is 4.51. The second-order valence-corrected chi connectivity index (χ2v) is 3.84. The summed E-state index contributed by atoms with van der Waals surface area (Å²) < 4.78 is 5.31. The summed E-state index contributed by atoms with van der Waals surface area (Å²) in [7, 11) is 0. The molecule has 1 rings (SSSR count). The van der Waals surface area contributed by atoms with Crippen molar-refractivity contribution in [3.8, 4) is 0 Å². The average molecular weight is 230 g/mol. The number of carbonyl (C=O) groups is 1. The number of nitrogens with zero attached hydrogens (tertiary/aromatic N) is 1. The molecule has 0 fully saturated rings. The van der Waals surface area contributed by atoms with E-state index in [1.54, 1.807) is 0 Å². The molecule has 5 nitrogen and oxygen atoms in total. The van der Waals surface area contributed by atoms with Gasteiger partial charge in [-0.2, -0.15) is 0 Å². The summed E-state index contributed by atoms with van der Waals surface area (Å²) in [4.78, 5) is 14.5. The highest BCUT2D eigenvalue weighted by Crippen LogP contribution is 2.19. The number of anilines is 1. The highest BCUT2D eigenvalue weighted by Gasteiger charge is 2.13. The Balaban J connectivity index is 2.50. The molecule has 6 heteroatoms. The van der Waals surface area contributed by atoms with Crippen molar-refractivity contribution in [1.29, 1.82) is 0 Å². The molecule has 0 bridgehead atoms. The van der Waals surface area contributed by atoms with Gasteiger partial charge in [0.1, 0.15) is 5.00 Å². The monoisotopic (exact) mass is 230 g/mol. The first kappa shape index (κ1) is 11.9. The summed E-state index contributed by atoms with van der Waals surface area (Å²) in [6.45, 7) is 5.08. The minimum atomic E-state index is -1.01. The maximum absolute atomic E-state index is 10.7. The maximum atomic E-state index is 10.7. The summed E-state index contributed by atoms with van der Waals surface area (Å²) in [6, 6.07) is 0. The van der Waals surface area contributed by atoms with E-state index in [1.807, 2.05) is 13.8 Å². The third-order valence-corrected chi connectivity index (χ3v) is 2.56. The van der Waals surface area contributed by atoms with E-state index in [4.69, 9.17) is 9.84 Å². The van der Waals surface area contributed by atoms with E-state index in [0.717, 1.165) is 0 Å². The Bertz CT molecular complexity index is 327. The Morgan fingerprint density at radius 1 is 1.80 bits per heavy atom. The molecule has 1 heterocycles. The van der Waals surface area contributed by atoms with Crippen LogP contribution in [0, 0.1) is 0 Å². The fraction of sp³-hybridized carbons (Fsp3) is 0.556. The molecule has 0 spiro atoms. The van der Waals surface area contributed by atoms with Crippen LogP contribution >= 0.6 is 11.3 Å². The van der Waals surface area contributed by atoms with E-state index in [-0.39, 0.29) is 11.8 Å². The van der Waals surface area contributed by atoms with Gasteiger partial charge in [0, 0.05) is 13.2 Å². The molecule has 0 saturated carbocycles. The van der Waals surface area contributed by atoms with E-state index in [1.165, 1.54) is 16.8 Å². The first-order chi connectivity index (χ1) is 7.15. The molecule has 15 heavy (non-hydrogen) atoms. The van der Waals surface area contributed by atoms with Crippen LogP contribution in [0.5, 0.6) is 0 Å². The van der Waals surface area contributed by atoms with Crippen molar-refractivity contribution in [3.05, 3.63) is 11.2 Å². The van der Waals surface area contributed by atoms with Crippen LogP contribution in [0.4, 0.5) is 5.00 Å². The molecule has 0 aromatic carbocycles. The number of rotatable bonds is 6. The lowest BCUT2D eigenvalue weighted by Gasteiger charge is -2.12. The minimum absolute atomic E-state index is 0.0544. The Morgan fingerprint density at radius 2 is 2.53 bits per heavy atom. The zero-order chi connectivity index (χ0) is 11.3. The molecule has 0 radical (unpaired) electrons. The maximum Gasteiger partial charge on any atom is 0.357 e. The number of hydrogen-bond donors (Lipinski definition) is 2. The van der Waals surface area contributed by atoms with E-state index in [9.17, 15) is 4.79 Å². The number of thiazole rings is 1. The molecule has 84 valence electrons. The zero-order valence-corrected chi connectivity index (χ0v) is 9.50. The van der Waals surface area contributed by atoms with Gasteiger partial charge in [0.15, 0.2) is 5.69 Å². The average Bonchev–Trinajstić information content (AvgIpc) is 2.63. The summed E-state index contributed by atoms with van der Waals surface area (Å²) in [5.74, 6) is -1.01. The second kappa shape index (κ2) is 5.67. The molecule has 1 unspecified atom stereocenters. The predicted molar refractivity (Wildman–Crippen MR) is 58.7 cm³/mol. The minimum Gasteiger partial charge on any atom is -0.476 e. The number of nitrogens with one attached hydrogen (secondary N) is 1. The van der Waals surface area contributed by atoms with Crippen LogP contribution < -0.4 is 5.32 Å². The molecule has 0 aliphatic rings. The molecule has 1 aromatic rings. The van der Waals surface area contributed by atoms with Crippen molar-refractivity contribution in [2.45, 2.75) is 20.0 Å². The molecule has 1 atom stereocenters. The Morgan fingerprint density at radius 3 is 3.13 bits per heavy atom. The van der Waals surface area contributed by atoms with Gasteiger partial charge in [0.25, 0.3) is 0 Å². The summed E-state index contributed by atoms with van der Waals surface area (Å²) in [6.07, 6.45) is 0.0544. The van der Waals surface area contributed by atoms with Gasteiger partial charge >= 0.3 is 5.97 Å². The summed E-state index contributed by atoms with van der Waals surface area (Å²) >= 11 is 1.28. The molecule has 0 aliphatic carbocycles. The Labute approximate surface area is 92.1 Å². The highest BCUT2D eigenvalue weighted by molar-refractivity contribution is 7.14. The van der Waals surface area contributed by atoms with Crippen LogP contribution in [0.1, 0.15) is 24.3 Å². The van der Waals surface area contributed by atoms with E-state index >= 15 is 0 Å². The van der Waals surface area contributed by atoms with Crippen molar-refractivity contribution in [1.82, 2.24) is 4.98 Å². The van der Waals surface area contributed by atoms with Gasteiger partial charge in [-0.05, 0) is 13.8 Å². The van der Waals surface area contributed by atoms with E-state index < -0.39 is 5.97 Å². The quantitative estimate of drug-likeness (QED) is 0.778. The molecule has 0 amide bonds. The molecule has 2 N–H and O–H groups in total. The summed E-state index contributed by atoms with van der Waals surface area (Å²) in [5, 5.41) is 12.4. The SMILES string of the molecule is CCOC(C)CNc1scnc1C(=O)O. The van der Waals surface area contributed by atoms with Crippen LogP contribution in [0.25, 0.3) is 0 Å². The molecular weight excluding hydrogens is 216 g/mol. The predicted octanol–water partition coefficient (Wildman–Crippen LogP) is 1.68. The fourth-order valence-electron chi connectivity index (χ4n) is 1.10. The third-order valence-electron chi connectivity index (χ3n) is 1.77. The number of aromatic nitrogens is 1. The lowest BCUT2D eigenvalue weighted by atomic mass is 10.4. The smallest absolute Gasteiger partial charge is 0.357 e. The second-order valence-electron chi connectivity index (χ2n) is 2.98. The van der Waals surface area contributed by atoms with Crippen molar-refractivity contribution >= 4 is 22.3 Å². The standard InChI is InChI=1S/C9H14N2O3S/c1-3-14-6(2)4-10-8-7(9(12)13)11-5-15-8/h5-6,10H,3-4H2,1-2H3,(H,12,13). The van der Waals surface area contributed by atoms with Crippen molar-refractivity contribution in [2.75, 3.05) is 18.5 Å². The number of carboxylic acid groups (broad SMARTS) is 1. The third kappa shape index (κ3) is 3.49. The van der Waals surface area contributed by atoms with Crippen LogP contribution in [0.3, 0.4) is 0 Å². The van der Waals surface area contributed by atoms with Crippen LogP contribution in [0.15, 0.2) is 5.51 Å². The van der Waals surface area contributed by atoms with Crippen molar-refractivity contribution in [3.63, 3.8) is 0 Å². The lowest BCUT2D eigenvalue weighted by Crippen LogP contribution is -2.20. The first-order valence-corrected chi connectivity index (χ1v) is 5.55. The molecule has 1 aromatic heterocycles. The zero-order valence-electron chi connectivity index (χ0n) is 8.69. The van der Waals surface area contributed by atoms with Gasteiger partial charge < -0.3 is 15.2 Å². The molecule has 0 aliphatic heterocycles. The van der Waals surface area contributed by atoms with Crippen LogP contribution in [-0.4, -0.2) is 35.3 Å². The van der Waals surface area contributed by atoms with Crippen LogP contribution in [0.2, 0.25) is 0 Å². The highest BCUT2D eigenvalue weighted by atomic mass is 32.1. The lowest BCUT2D eigenvalue weighted by molar-refractivity contribution is 0.0691. The van der Waals surface area contributed by atoms with Crippen molar-refractivity contribution < 1.29 is 14.6 Å².